The molecular formula is C14H24N2O. The number of carbonyl (C=O) groups excluding carboxylic acids is 1. The summed E-state index contributed by atoms with van der Waals surface area (Å²) in [4.78, 5) is 12.3. The molecule has 0 radical (unpaired) electrons. The van der Waals surface area contributed by atoms with Gasteiger partial charge in [0.25, 0.3) is 0 Å². The quantitative estimate of drug-likeness (QED) is 0.764. The Morgan fingerprint density at radius 1 is 1.35 bits per heavy atom. The monoisotopic (exact) mass is 236 g/mol. The summed E-state index contributed by atoms with van der Waals surface area (Å²) in [6.07, 6.45) is 8.57. The molecule has 0 spiro atoms. The van der Waals surface area contributed by atoms with Gasteiger partial charge in [-0.05, 0) is 38.0 Å². The molecule has 4 atom stereocenters. The normalized spacial score (nSPS) is 37.1. The van der Waals surface area contributed by atoms with Crippen molar-refractivity contribution in [3.8, 4) is 0 Å². The van der Waals surface area contributed by atoms with Gasteiger partial charge in [0.2, 0.25) is 5.91 Å². The van der Waals surface area contributed by atoms with Crippen LogP contribution in [0.2, 0.25) is 0 Å². The maximum absolute atomic E-state index is 12.3. The Bertz CT molecular complexity index is 301. The van der Waals surface area contributed by atoms with Gasteiger partial charge in [0.1, 0.15) is 0 Å². The Kier molecular flexibility index (Phi) is 3.12. The van der Waals surface area contributed by atoms with Crippen molar-refractivity contribution in [1.29, 1.82) is 0 Å². The van der Waals surface area contributed by atoms with Crippen molar-refractivity contribution in [3.05, 3.63) is 0 Å². The molecule has 96 valence electrons. The van der Waals surface area contributed by atoms with Gasteiger partial charge in [-0.1, -0.05) is 19.8 Å². The van der Waals surface area contributed by atoms with Gasteiger partial charge in [0, 0.05) is 18.1 Å². The molecule has 3 rings (SSSR count). The van der Waals surface area contributed by atoms with Crippen molar-refractivity contribution >= 4 is 5.91 Å². The van der Waals surface area contributed by atoms with E-state index in [0.717, 1.165) is 18.8 Å². The third-order valence-electron chi connectivity index (χ3n) is 4.79. The molecule has 1 aliphatic carbocycles. The molecule has 3 heteroatoms. The predicted octanol–water partition coefficient (Wildman–Crippen LogP) is 1.82. The molecule has 1 saturated carbocycles. The molecular weight excluding hydrogens is 212 g/mol. The maximum atomic E-state index is 12.3. The van der Waals surface area contributed by atoms with E-state index in [0.29, 0.717) is 24.0 Å². The molecule has 3 fully saturated rings. The minimum atomic E-state index is 0.252. The van der Waals surface area contributed by atoms with Crippen LogP contribution in [-0.4, -0.2) is 24.0 Å². The Morgan fingerprint density at radius 2 is 2.18 bits per heavy atom. The SMILES string of the molecule is CCC(CC1CC1)NC(=O)C1CC2CCC1N2. The van der Waals surface area contributed by atoms with Crippen molar-refractivity contribution in [1.82, 2.24) is 10.6 Å². The van der Waals surface area contributed by atoms with Gasteiger partial charge in [0.15, 0.2) is 0 Å². The number of hydrogen-bond donors (Lipinski definition) is 2. The van der Waals surface area contributed by atoms with Gasteiger partial charge >= 0.3 is 0 Å². The zero-order valence-corrected chi connectivity index (χ0v) is 10.7. The van der Waals surface area contributed by atoms with Crippen LogP contribution in [0.4, 0.5) is 0 Å². The number of rotatable bonds is 5. The molecule has 0 aromatic rings. The molecule has 2 aliphatic heterocycles. The second-order valence-corrected chi connectivity index (χ2v) is 6.18. The largest absolute Gasteiger partial charge is 0.353 e. The number of amides is 1. The van der Waals surface area contributed by atoms with E-state index < -0.39 is 0 Å². The van der Waals surface area contributed by atoms with Crippen LogP contribution in [0.3, 0.4) is 0 Å². The molecule has 3 aliphatic rings. The van der Waals surface area contributed by atoms with Crippen molar-refractivity contribution < 1.29 is 4.79 Å². The first-order chi connectivity index (χ1) is 8.26. The van der Waals surface area contributed by atoms with Gasteiger partial charge in [-0.15, -0.1) is 0 Å². The lowest BCUT2D eigenvalue weighted by atomic mass is 9.88. The lowest BCUT2D eigenvalue weighted by molar-refractivity contribution is -0.126. The zero-order chi connectivity index (χ0) is 11.8. The number of hydrogen-bond acceptors (Lipinski definition) is 2. The Balaban J connectivity index is 1.51. The molecule has 2 bridgehead atoms. The van der Waals surface area contributed by atoms with E-state index in [1.54, 1.807) is 0 Å². The molecule has 17 heavy (non-hydrogen) atoms. The summed E-state index contributed by atoms with van der Waals surface area (Å²) in [5.74, 6) is 1.47. The average Bonchev–Trinajstić information content (AvgIpc) is 2.90. The van der Waals surface area contributed by atoms with Crippen LogP contribution in [0.15, 0.2) is 0 Å². The third-order valence-corrected chi connectivity index (χ3v) is 4.79. The molecule has 2 heterocycles. The fourth-order valence-corrected chi connectivity index (χ4v) is 3.51. The lowest BCUT2D eigenvalue weighted by Crippen LogP contribution is -2.42. The van der Waals surface area contributed by atoms with E-state index in [9.17, 15) is 4.79 Å². The van der Waals surface area contributed by atoms with Crippen LogP contribution in [0, 0.1) is 11.8 Å². The van der Waals surface area contributed by atoms with Crippen molar-refractivity contribution in [2.75, 3.05) is 0 Å². The number of fused-ring (bicyclic) bond motifs is 2. The topological polar surface area (TPSA) is 41.1 Å². The molecule has 0 aromatic carbocycles. The van der Waals surface area contributed by atoms with E-state index in [1.165, 1.54) is 32.1 Å². The van der Waals surface area contributed by atoms with Crippen molar-refractivity contribution in [2.24, 2.45) is 11.8 Å². The van der Waals surface area contributed by atoms with Crippen LogP contribution in [-0.2, 0) is 4.79 Å². The molecule has 1 amide bonds. The standard InChI is InChI=1S/C14H24N2O/c1-2-10(7-9-3-4-9)16-14(17)12-8-11-5-6-13(12)15-11/h9-13,15H,2-8H2,1H3,(H,16,17). The van der Waals surface area contributed by atoms with Gasteiger partial charge in [-0.25, -0.2) is 0 Å². The summed E-state index contributed by atoms with van der Waals surface area (Å²) in [6.45, 7) is 2.19. The van der Waals surface area contributed by atoms with Crippen molar-refractivity contribution in [3.63, 3.8) is 0 Å². The van der Waals surface area contributed by atoms with E-state index in [1.807, 2.05) is 0 Å². The first-order valence-corrected chi connectivity index (χ1v) is 7.32. The summed E-state index contributed by atoms with van der Waals surface area (Å²) >= 11 is 0. The highest BCUT2D eigenvalue weighted by Crippen LogP contribution is 2.35. The smallest absolute Gasteiger partial charge is 0.224 e. The predicted molar refractivity (Wildman–Crippen MR) is 67.6 cm³/mol. The lowest BCUT2D eigenvalue weighted by Gasteiger charge is -2.23. The molecule has 0 aromatic heterocycles. The zero-order valence-electron chi connectivity index (χ0n) is 10.7. The highest BCUT2D eigenvalue weighted by Gasteiger charge is 2.43. The Hall–Kier alpha value is -0.570. The summed E-state index contributed by atoms with van der Waals surface area (Å²) < 4.78 is 0. The van der Waals surface area contributed by atoms with Crippen LogP contribution in [0.25, 0.3) is 0 Å². The van der Waals surface area contributed by atoms with Gasteiger partial charge in [-0.2, -0.15) is 0 Å². The molecule has 2 saturated heterocycles. The minimum absolute atomic E-state index is 0.252. The molecule has 3 nitrogen and oxygen atoms in total. The van der Waals surface area contributed by atoms with E-state index in [2.05, 4.69) is 17.6 Å². The van der Waals surface area contributed by atoms with E-state index in [4.69, 9.17) is 0 Å². The maximum Gasteiger partial charge on any atom is 0.224 e. The second kappa shape index (κ2) is 4.60. The van der Waals surface area contributed by atoms with Crippen LogP contribution < -0.4 is 10.6 Å². The number of carbonyl (C=O) groups is 1. The van der Waals surface area contributed by atoms with Gasteiger partial charge in [-0.3, -0.25) is 4.79 Å². The van der Waals surface area contributed by atoms with E-state index >= 15 is 0 Å². The van der Waals surface area contributed by atoms with Gasteiger partial charge in [0.05, 0.1) is 5.92 Å². The highest BCUT2D eigenvalue weighted by atomic mass is 16.2. The van der Waals surface area contributed by atoms with Crippen LogP contribution >= 0.6 is 0 Å². The highest BCUT2D eigenvalue weighted by molar-refractivity contribution is 5.80. The first-order valence-electron chi connectivity index (χ1n) is 7.32. The van der Waals surface area contributed by atoms with Crippen LogP contribution in [0.1, 0.15) is 51.9 Å². The summed E-state index contributed by atoms with van der Waals surface area (Å²) in [7, 11) is 0. The Morgan fingerprint density at radius 3 is 2.71 bits per heavy atom. The summed E-state index contributed by atoms with van der Waals surface area (Å²) in [5, 5.41) is 6.83. The second-order valence-electron chi connectivity index (χ2n) is 6.18. The summed E-state index contributed by atoms with van der Waals surface area (Å²) in [6, 6.07) is 1.52. The molecule has 2 N–H and O–H groups in total. The van der Waals surface area contributed by atoms with Crippen molar-refractivity contribution in [2.45, 2.75) is 70.0 Å². The minimum Gasteiger partial charge on any atom is -0.353 e. The Labute approximate surface area is 104 Å². The fraction of sp³-hybridized carbons (Fsp3) is 0.929. The summed E-state index contributed by atoms with van der Waals surface area (Å²) in [5.41, 5.74) is 0. The average molecular weight is 236 g/mol. The third kappa shape index (κ3) is 2.49. The van der Waals surface area contributed by atoms with E-state index in [-0.39, 0.29) is 5.92 Å². The fourth-order valence-electron chi connectivity index (χ4n) is 3.51. The van der Waals surface area contributed by atoms with Gasteiger partial charge < -0.3 is 10.6 Å². The van der Waals surface area contributed by atoms with Crippen LogP contribution in [0.5, 0.6) is 0 Å². The first kappa shape index (κ1) is 11.5. The molecule has 4 unspecified atom stereocenters. The number of nitrogens with one attached hydrogen (secondary N) is 2.